The van der Waals surface area contributed by atoms with Crippen molar-refractivity contribution in [1.29, 1.82) is 0 Å². The number of benzene rings is 3. The van der Waals surface area contributed by atoms with Gasteiger partial charge in [-0.2, -0.15) is 0 Å². The van der Waals surface area contributed by atoms with Crippen LogP contribution in [0.5, 0.6) is 17.2 Å². The number of aldehydes is 1. The summed E-state index contributed by atoms with van der Waals surface area (Å²) in [4.78, 5) is 22.1. The largest absolute Gasteiger partial charge is 0.497 e. The number of thioether (sulfide) groups is 1. The van der Waals surface area contributed by atoms with E-state index in [1.165, 1.54) is 0 Å². The van der Waals surface area contributed by atoms with Crippen molar-refractivity contribution in [1.82, 2.24) is 0 Å². The molecule has 0 heterocycles. The number of hydrogen-bond acceptors (Lipinski definition) is 5. The molecule has 158 valence electrons. The molecule has 3 aromatic carbocycles. The van der Waals surface area contributed by atoms with Crippen LogP contribution in [0.15, 0.2) is 72.8 Å². The van der Waals surface area contributed by atoms with Crippen LogP contribution in [0.3, 0.4) is 0 Å². The van der Waals surface area contributed by atoms with Crippen molar-refractivity contribution in [3.8, 4) is 17.2 Å². The van der Waals surface area contributed by atoms with Crippen LogP contribution in [0.25, 0.3) is 12.2 Å². The van der Waals surface area contributed by atoms with Gasteiger partial charge in [-0.15, -0.1) is 0 Å². The first-order chi connectivity index (χ1) is 15.1. The topological polar surface area (TPSA) is 78.6 Å². The van der Waals surface area contributed by atoms with Gasteiger partial charge in [-0.05, 0) is 59.5 Å². The van der Waals surface area contributed by atoms with E-state index in [0.717, 1.165) is 46.2 Å². The standard InChI is InChI=1S/C25H23NO4S/c1-29-21-11-7-18(8-12-21)5-6-19-3-2-4-23(15-19)30-22-13-9-20(10-14-22)16-24(17-27)31-25(26)28/h2-15,17,24H,16H2,1H3,(H2,26,28)/b6-5-. The molecule has 3 rings (SSSR count). The second-order valence-electron chi connectivity index (χ2n) is 6.74. The molecule has 3 aromatic rings. The molecular formula is C25H23NO4S. The lowest BCUT2D eigenvalue weighted by Gasteiger charge is -2.10. The minimum absolute atomic E-state index is 0.434. The Morgan fingerprint density at radius 3 is 2.26 bits per heavy atom. The zero-order valence-corrected chi connectivity index (χ0v) is 17.9. The van der Waals surface area contributed by atoms with Crippen molar-refractivity contribution in [2.45, 2.75) is 11.7 Å². The Hall–Kier alpha value is -3.51. The summed E-state index contributed by atoms with van der Waals surface area (Å²) >= 11 is 0.834. The number of carbonyl (C=O) groups excluding carboxylic acids is 2. The Labute approximate surface area is 185 Å². The van der Waals surface area contributed by atoms with Gasteiger partial charge in [-0.1, -0.05) is 60.3 Å². The van der Waals surface area contributed by atoms with Gasteiger partial charge in [0.05, 0.1) is 12.4 Å². The van der Waals surface area contributed by atoms with Crippen molar-refractivity contribution in [3.05, 3.63) is 89.5 Å². The minimum Gasteiger partial charge on any atom is -0.497 e. The predicted octanol–water partition coefficient (Wildman–Crippen LogP) is 5.58. The fraction of sp³-hybridized carbons (Fsp3) is 0.120. The second kappa shape index (κ2) is 11.0. The van der Waals surface area contributed by atoms with Crippen molar-refractivity contribution in [3.63, 3.8) is 0 Å². The number of amides is 1. The van der Waals surface area contributed by atoms with Gasteiger partial charge in [0.2, 0.25) is 0 Å². The monoisotopic (exact) mass is 433 g/mol. The molecule has 5 nitrogen and oxygen atoms in total. The summed E-state index contributed by atoms with van der Waals surface area (Å²) in [5.74, 6) is 2.23. The van der Waals surface area contributed by atoms with Crippen molar-refractivity contribution in [2.24, 2.45) is 5.73 Å². The maximum absolute atomic E-state index is 11.1. The Kier molecular flexibility index (Phi) is 7.90. The smallest absolute Gasteiger partial charge is 0.277 e. The highest BCUT2D eigenvalue weighted by molar-refractivity contribution is 8.14. The van der Waals surface area contributed by atoms with Crippen molar-refractivity contribution >= 4 is 35.4 Å². The van der Waals surface area contributed by atoms with E-state index < -0.39 is 10.5 Å². The van der Waals surface area contributed by atoms with Gasteiger partial charge in [0.15, 0.2) is 0 Å². The van der Waals surface area contributed by atoms with Crippen LogP contribution < -0.4 is 15.2 Å². The van der Waals surface area contributed by atoms with Crippen LogP contribution in [0.4, 0.5) is 4.79 Å². The molecule has 1 unspecified atom stereocenters. The maximum atomic E-state index is 11.1. The number of ether oxygens (including phenoxy) is 2. The van der Waals surface area contributed by atoms with Gasteiger partial charge < -0.3 is 20.0 Å². The minimum atomic E-state index is -0.557. The van der Waals surface area contributed by atoms with E-state index in [1.54, 1.807) is 7.11 Å². The normalized spacial score (nSPS) is 11.8. The molecule has 1 amide bonds. The molecule has 0 saturated heterocycles. The zero-order chi connectivity index (χ0) is 22.1. The van der Waals surface area contributed by atoms with Crippen molar-refractivity contribution in [2.75, 3.05) is 7.11 Å². The summed E-state index contributed by atoms with van der Waals surface area (Å²) < 4.78 is 11.1. The van der Waals surface area contributed by atoms with E-state index in [2.05, 4.69) is 0 Å². The van der Waals surface area contributed by atoms with Crippen LogP contribution in [0.1, 0.15) is 16.7 Å². The van der Waals surface area contributed by atoms with E-state index in [0.29, 0.717) is 12.2 Å². The van der Waals surface area contributed by atoms with Crippen LogP contribution >= 0.6 is 11.8 Å². The fourth-order valence-corrected chi connectivity index (χ4v) is 3.55. The summed E-state index contributed by atoms with van der Waals surface area (Å²) in [5, 5.41) is -1.04. The molecule has 0 aliphatic rings. The highest BCUT2D eigenvalue weighted by Crippen LogP contribution is 2.25. The summed E-state index contributed by atoms with van der Waals surface area (Å²) in [7, 11) is 1.65. The third kappa shape index (κ3) is 7.04. The zero-order valence-electron chi connectivity index (χ0n) is 17.1. The van der Waals surface area contributed by atoms with E-state index in [-0.39, 0.29) is 0 Å². The average Bonchev–Trinajstić information content (AvgIpc) is 2.79. The number of primary amides is 1. The molecule has 0 spiro atoms. The molecule has 0 fully saturated rings. The molecule has 6 heteroatoms. The van der Waals surface area contributed by atoms with Crippen LogP contribution in [0.2, 0.25) is 0 Å². The summed E-state index contributed by atoms with van der Waals surface area (Å²) in [5.41, 5.74) is 8.16. The third-order valence-electron chi connectivity index (χ3n) is 4.46. The lowest BCUT2D eigenvalue weighted by atomic mass is 10.1. The number of rotatable bonds is 9. The predicted molar refractivity (Wildman–Crippen MR) is 126 cm³/mol. The van der Waals surface area contributed by atoms with E-state index in [9.17, 15) is 9.59 Å². The summed E-state index contributed by atoms with van der Waals surface area (Å²) in [6.07, 6.45) is 5.22. The van der Waals surface area contributed by atoms with Gasteiger partial charge in [0.1, 0.15) is 23.5 Å². The molecule has 31 heavy (non-hydrogen) atoms. The van der Waals surface area contributed by atoms with Crippen LogP contribution in [-0.4, -0.2) is 23.9 Å². The molecule has 0 aromatic heterocycles. The highest BCUT2D eigenvalue weighted by atomic mass is 32.2. The van der Waals surface area contributed by atoms with Crippen molar-refractivity contribution < 1.29 is 19.1 Å². The molecule has 0 aliphatic heterocycles. The molecule has 0 saturated carbocycles. The van der Waals surface area contributed by atoms with Gasteiger partial charge in [-0.3, -0.25) is 4.79 Å². The van der Waals surface area contributed by atoms with Gasteiger partial charge in [0.25, 0.3) is 5.24 Å². The third-order valence-corrected chi connectivity index (χ3v) is 5.27. The van der Waals surface area contributed by atoms with Gasteiger partial charge in [-0.25, -0.2) is 0 Å². The summed E-state index contributed by atoms with van der Waals surface area (Å²) in [6, 6.07) is 23.1. The van der Waals surface area contributed by atoms with Gasteiger partial charge in [0, 0.05) is 0 Å². The molecule has 0 radical (unpaired) electrons. The Morgan fingerprint density at radius 1 is 0.935 bits per heavy atom. The SMILES string of the molecule is COc1ccc(/C=C\c2cccc(Oc3ccc(CC(C=O)SC(N)=O)cc3)c2)cc1. The number of hydrogen-bond donors (Lipinski definition) is 1. The van der Waals surface area contributed by atoms with E-state index >= 15 is 0 Å². The Morgan fingerprint density at radius 2 is 1.61 bits per heavy atom. The summed E-state index contributed by atoms with van der Waals surface area (Å²) in [6.45, 7) is 0. The molecule has 0 aliphatic carbocycles. The highest BCUT2D eigenvalue weighted by Gasteiger charge is 2.12. The van der Waals surface area contributed by atoms with E-state index in [1.807, 2.05) is 84.9 Å². The molecular weight excluding hydrogens is 410 g/mol. The lowest BCUT2D eigenvalue weighted by molar-refractivity contribution is -0.107. The van der Waals surface area contributed by atoms with E-state index in [4.69, 9.17) is 15.2 Å². The first-order valence-electron chi connectivity index (χ1n) is 9.66. The lowest BCUT2D eigenvalue weighted by Crippen LogP contribution is -2.15. The number of carbonyl (C=O) groups is 2. The maximum Gasteiger partial charge on any atom is 0.277 e. The molecule has 2 N–H and O–H groups in total. The second-order valence-corrected chi connectivity index (χ2v) is 7.98. The van der Waals surface area contributed by atoms with Crippen LogP contribution in [0, 0.1) is 0 Å². The molecule has 1 atom stereocenters. The Bertz CT molecular complexity index is 1050. The number of nitrogens with two attached hydrogens (primary N) is 1. The molecule has 0 bridgehead atoms. The average molecular weight is 434 g/mol. The first-order valence-corrected chi connectivity index (χ1v) is 10.5. The van der Waals surface area contributed by atoms with Crippen LogP contribution in [-0.2, 0) is 11.2 Å². The fourth-order valence-electron chi connectivity index (χ4n) is 2.92. The number of methoxy groups -OCH3 is 1. The Balaban J connectivity index is 1.63. The van der Waals surface area contributed by atoms with Gasteiger partial charge >= 0.3 is 0 Å². The quantitative estimate of drug-likeness (QED) is 0.352. The first kappa shape index (κ1) is 22.2.